The van der Waals surface area contributed by atoms with Crippen LogP contribution in [-0.2, 0) is 29.7 Å². The maximum absolute atomic E-state index is 13.2. The van der Waals surface area contributed by atoms with Crippen molar-refractivity contribution >= 4 is 39.1 Å². The monoisotopic (exact) mass is 563 g/mol. The zero-order valence-corrected chi connectivity index (χ0v) is 23.3. The Morgan fingerprint density at radius 2 is 1.62 bits per heavy atom. The minimum absolute atomic E-state index is 0.0481. The van der Waals surface area contributed by atoms with E-state index in [0.717, 1.165) is 25.2 Å². The summed E-state index contributed by atoms with van der Waals surface area (Å²) >= 11 is 12.3. The Labute approximate surface area is 228 Å². The molecule has 1 saturated heterocycles. The Hall–Kier alpha value is -2.36. The number of hydrogen-bond acceptors (Lipinski definition) is 5. The van der Waals surface area contributed by atoms with E-state index in [1.165, 1.54) is 41.1 Å². The molecule has 3 aromatic rings. The summed E-state index contributed by atoms with van der Waals surface area (Å²) in [6, 6.07) is 14.5. The summed E-state index contributed by atoms with van der Waals surface area (Å²) < 4.78 is 33.2. The van der Waals surface area contributed by atoms with Crippen LogP contribution in [0.15, 0.2) is 64.1 Å². The molecule has 198 valence electrons. The number of sulfonamides is 1. The van der Waals surface area contributed by atoms with Crippen molar-refractivity contribution in [2.24, 2.45) is 0 Å². The van der Waals surface area contributed by atoms with Gasteiger partial charge in [0.25, 0.3) is 5.91 Å². The highest BCUT2D eigenvalue weighted by Crippen LogP contribution is 2.32. The largest absolute Gasteiger partial charge is 0.467 e. The molecule has 2 heterocycles. The fourth-order valence-corrected chi connectivity index (χ4v) is 7.00. The molecule has 0 saturated carbocycles. The molecular formula is C27H31Cl2N3O4S. The second-order valence-electron chi connectivity index (χ2n) is 9.24. The lowest BCUT2D eigenvalue weighted by atomic mass is 10.1. The van der Waals surface area contributed by atoms with Crippen molar-refractivity contribution in [1.82, 2.24) is 14.1 Å². The molecule has 0 spiro atoms. The zero-order valence-electron chi connectivity index (χ0n) is 21.0. The normalized spacial score (nSPS) is 14.4. The van der Waals surface area contributed by atoms with Crippen LogP contribution < -0.4 is 0 Å². The van der Waals surface area contributed by atoms with E-state index in [9.17, 15) is 13.2 Å². The van der Waals surface area contributed by atoms with Gasteiger partial charge >= 0.3 is 0 Å². The van der Waals surface area contributed by atoms with Gasteiger partial charge in [0, 0.05) is 26.7 Å². The maximum atomic E-state index is 13.2. The quantitative estimate of drug-likeness (QED) is 0.318. The van der Waals surface area contributed by atoms with Crippen molar-refractivity contribution in [2.45, 2.75) is 44.3 Å². The van der Waals surface area contributed by atoms with E-state index in [1.807, 2.05) is 0 Å². The first-order valence-electron chi connectivity index (χ1n) is 12.3. The van der Waals surface area contributed by atoms with Crippen LogP contribution in [0, 0.1) is 0 Å². The molecule has 37 heavy (non-hydrogen) atoms. The topological polar surface area (TPSA) is 74.1 Å². The number of benzene rings is 2. The average molecular weight is 565 g/mol. The number of halogens is 2. The van der Waals surface area contributed by atoms with Gasteiger partial charge in [0.1, 0.15) is 16.9 Å². The van der Waals surface area contributed by atoms with E-state index in [0.29, 0.717) is 17.9 Å². The van der Waals surface area contributed by atoms with Crippen molar-refractivity contribution in [2.75, 3.05) is 26.7 Å². The van der Waals surface area contributed by atoms with Crippen LogP contribution in [0.3, 0.4) is 0 Å². The predicted octanol–water partition coefficient (Wildman–Crippen LogP) is 5.67. The second kappa shape index (κ2) is 12.0. The highest BCUT2D eigenvalue weighted by Gasteiger charge is 2.29. The third kappa shape index (κ3) is 6.56. The fourth-order valence-electron chi connectivity index (χ4n) is 4.49. The van der Waals surface area contributed by atoms with E-state index >= 15 is 0 Å². The molecule has 1 aliphatic rings. The molecule has 1 fully saturated rings. The van der Waals surface area contributed by atoms with Crippen LogP contribution in [-0.4, -0.2) is 55.1 Å². The summed E-state index contributed by atoms with van der Waals surface area (Å²) in [6.45, 7) is 5.53. The highest BCUT2D eigenvalue weighted by atomic mass is 35.5. The minimum Gasteiger partial charge on any atom is -0.467 e. The van der Waals surface area contributed by atoms with Gasteiger partial charge < -0.3 is 9.32 Å². The second-order valence-corrected chi connectivity index (χ2v) is 11.9. The zero-order chi connectivity index (χ0) is 26.6. The molecule has 0 unspecified atom stereocenters. The molecule has 2 aromatic carbocycles. The smallest absolute Gasteiger partial charge is 0.257 e. The van der Waals surface area contributed by atoms with Crippen LogP contribution in [0.2, 0.25) is 10.0 Å². The molecule has 0 bridgehead atoms. The van der Waals surface area contributed by atoms with E-state index in [2.05, 4.69) is 29.2 Å². The van der Waals surface area contributed by atoms with Crippen LogP contribution in [0.4, 0.5) is 0 Å². The van der Waals surface area contributed by atoms with Gasteiger partial charge in [-0.25, -0.2) is 8.42 Å². The number of likely N-dealkylation sites (tertiary alicyclic amines) is 1. The van der Waals surface area contributed by atoms with E-state index in [4.69, 9.17) is 27.6 Å². The predicted molar refractivity (Wildman–Crippen MR) is 145 cm³/mol. The van der Waals surface area contributed by atoms with Crippen LogP contribution in [0.5, 0.6) is 0 Å². The van der Waals surface area contributed by atoms with Gasteiger partial charge in [-0.1, -0.05) is 60.5 Å². The molecule has 1 aromatic heterocycles. The lowest BCUT2D eigenvalue weighted by molar-refractivity contribution is 0.0784. The molecule has 10 heteroatoms. The van der Waals surface area contributed by atoms with E-state index in [-0.39, 0.29) is 33.9 Å². The van der Waals surface area contributed by atoms with Gasteiger partial charge in [-0.3, -0.25) is 9.69 Å². The van der Waals surface area contributed by atoms with Crippen molar-refractivity contribution in [3.8, 4) is 0 Å². The number of amides is 1. The van der Waals surface area contributed by atoms with Crippen molar-refractivity contribution < 1.29 is 17.6 Å². The lowest BCUT2D eigenvalue weighted by Crippen LogP contribution is -2.30. The van der Waals surface area contributed by atoms with E-state index in [1.54, 1.807) is 31.0 Å². The van der Waals surface area contributed by atoms with Gasteiger partial charge in [0.2, 0.25) is 10.0 Å². The van der Waals surface area contributed by atoms with Crippen LogP contribution >= 0.6 is 23.2 Å². The SMILES string of the molecule is CCN(Cc1cc(C(=O)N(C)Cc2ccc(CN3CCCC3)cc2)co1)S(=O)(=O)c1c(Cl)cccc1Cl. The Morgan fingerprint density at radius 1 is 1.00 bits per heavy atom. The highest BCUT2D eigenvalue weighted by molar-refractivity contribution is 7.89. The summed E-state index contributed by atoms with van der Waals surface area (Å²) in [7, 11) is -2.25. The fraction of sp³-hybridized carbons (Fsp3) is 0.370. The number of hydrogen-bond donors (Lipinski definition) is 0. The minimum atomic E-state index is -3.98. The maximum Gasteiger partial charge on any atom is 0.257 e. The summed E-state index contributed by atoms with van der Waals surface area (Å²) in [5.41, 5.74) is 2.66. The Morgan fingerprint density at radius 3 is 2.24 bits per heavy atom. The summed E-state index contributed by atoms with van der Waals surface area (Å²) in [5, 5.41) is 0.0962. The van der Waals surface area contributed by atoms with Crippen molar-refractivity contribution in [3.05, 3.63) is 87.3 Å². The standard InChI is InChI=1S/C27H31Cl2N3O4S/c1-3-32(37(34,35)26-24(28)7-6-8-25(26)29)18-23-15-22(19-36-23)27(33)30(2)16-20-9-11-21(12-10-20)17-31-13-4-5-14-31/h6-12,15,19H,3-5,13-14,16-18H2,1-2H3. The summed E-state index contributed by atoms with van der Waals surface area (Å²) in [5.74, 6) is 0.132. The molecule has 0 radical (unpaired) electrons. The van der Waals surface area contributed by atoms with Gasteiger partial charge in [-0.2, -0.15) is 4.31 Å². The molecule has 4 rings (SSSR count). The molecule has 7 nitrogen and oxygen atoms in total. The first kappa shape index (κ1) is 27.7. The first-order valence-corrected chi connectivity index (χ1v) is 14.5. The average Bonchev–Trinajstić information content (AvgIpc) is 3.55. The van der Waals surface area contributed by atoms with Crippen LogP contribution in [0.25, 0.3) is 0 Å². The Bertz CT molecular complexity index is 1320. The number of carbonyl (C=O) groups excluding carboxylic acids is 1. The molecule has 0 atom stereocenters. The van der Waals surface area contributed by atoms with Crippen LogP contribution in [0.1, 0.15) is 47.0 Å². The summed E-state index contributed by atoms with van der Waals surface area (Å²) in [4.78, 5) is 16.9. The van der Waals surface area contributed by atoms with Crippen molar-refractivity contribution in [1.29, 1.82) is 0 Å². The number of nitrogens with zero attached hydrogens (tertiary/aromatic N) is 3. The molecule has 0 N–H and O–H groups in total. The van der Waals surface area contributed by atoms with Crippen molar-refractivity contribution in [3.63, 3.8) is 0 Å². The van der Waals surface area contributed by atoms with E-state index < -0.39 is 10.0 Å². The molecule has 1 aliphatic heterocycles. The van der Waals surface area contributed by atoms with Gasteiger partial charge in [-0.05, 0) is 55.3 Å². The number of carbonyl (C=O) groups is 1. The molecule has 1 amide bonds. The Kier molecular flexibility index (Phi) is 8.98. The lowest BCUT2D eigenvalue weighted by Gasteiger charge is -2.20. The summed E-state index contributed by atoms with van der Waals surface area (Å²) in [6.07, 6.45) is 3.89. The molecular weight excluding hydrogens is 533 g/mol. The number of rotatable bonds is 10. The molecule has 0 aliphatic carbocycles. The third-order valence-electron chi connectivity index (χ3n) is 6.50. The third-order valence-corrected chi connectivity index (χ3v) is 9.37. The van der Waals surface area contributed by atoms with Gasteiger partial charge in [0.15, 0.2) is 0 Å². The number of furan rings is 1. The first-order chi connectivity index (χ1) is 17.7. The van der Waals surface area contributed by atoms with Gasteiger partial charge in [-0.15, -0.1) is 0 Å². The van der Waals surface area contributed by atoms with Gasteiger partial charge in [0.05, 0.1) is 22.2 Å². The Balaban J connectivity index is 1.39.